The number of para-hydroxylation sites is 1. The van der Waals surface area contributed by atoms with Crippen LogP contribution in [0, 0.1) is 12.7 Å². The van der Waals surface area contributed by atoms with Crippen LogP contribution in [0.3, 0.4) is 0 Å². The molecule has 0 fully saturated rings. The molecule has 0 unspecified atom stereocenters. The highest BCUT2D eigenvalue weighted by Gasteiger charge is 2.08. The van der Waals surface area contributed by atoms with Crippen molar-refractivity contribution in [3.8, 4) is 5.75 Å². The zero-order valence-corrected chi connectivity index (χ0v) is 13.8. The Morgan fingerprint density at radius 3 is 2.72 bits per heavy atom. The second-order valence-electron chi connectivity index (χ2n) is 5.59. The number of carbonyl (C=O) groups excluding carboxylic acids is 1. The van der Waals surface area contributed by atoms with Crippen LogP contribution >= 0.6 is 0 Å². The van der Waals surface area contributed by atoms with Crippen LogP contribution < -0.4 is 10.1 Å². The number of carbonyl (C=O) groups is 1. The van der Waals surface area contributed by atoms with Crippen molar-refractivity contribution in [3.05, 3.63) is 77.7 Å². The number of benzene rings is 2. The lowest BCUT2D eigenvalue weighted by Crippen LogP contribution is -2.20. The van der Waals surface area contributed by atoms with E-state index in [9.17, 15) is 9.18 Å². The molecule has 25 heavy (non-hydrogen) atoms. The number of ether oxygens (including phenoxy) is 1. The molecular formula is C19H18FN3O2. The lowest BCUT2D eigenvalue weighted by molar-refractivity contribution is -0.118. The Morgan fingerprint density at radius 1 is 1.16 bits per heavy atom. The molecule has 1 aromatic heterocycles. The van der Waals surface area contributed by atoms with Crippen molar-refractivity contribution in [2.45, 2.75) is 13.5 Å². The molecule has 0 spiro atoms. The average molecular weight is 339 g/mol. The number of hydrogen-bond donors (Lipinski definition) is 1. The highest BCUT2D eigenvalue weighted by Crippen LogP contribution is 2.16. The molecular weight excluding hydrogens is 321 g/mol. The van der Waals surface area contributed by atoms with Gasteiger partial charge in [0.1, 0.15) is 11.6 Å². The lowest BCUT2D eigenvalue weighted by Gasteiger charge is -2.08. The third-order valence-electron chi connectivity index (χ3n) is 3.65. The Hall–Kier alpha value is -3.15. The van der Waals surface area contributed by atoms with Crippen LogP contribution in [-0.2, 0) is 11.3 Å². The topological polar surface area (TPSA) is 56.1 Å². The van der Waals surface area contributed by atoms with Crippen LogP contribution in [0.15, 0.2) is 60.8 Å². The number of rotatable bonds is 6. The number of aryl methyl sites for hydroxylation is 1. The fourth-order valence-electron chi connectivity index (χ4n) is 2.36. The number of anilines is 1. The van der Waals surface area contributed by atoms with Crippen molar-refractivity contribution >= 4 is 11.7 Å². The first-order valence-electron chi connectivity index (χ1n) is 7.87. The maximum absolute atomic E-state index is 13.7. The molecule has 0 aliphatic heterocycles. The molecule has 1 amide bonds. The fourth-order valence-corrected chi connectivity index (χ4v) is 2.36. The van der Waals surface area contributed by atoms with E-state index in [4.69, 9.17) is 4.74 Å². The molecule has 0 aliphatic rings. The van der Waals surface area contributed by atoms with Crippen LogP contribution in [0.25, 0.3) is 0 Å². The summed E-state index contributed by atoms with van der Waals surface area (Å²) in [4.78, 5) is 12.0. The lowest BCUT2D eigenvalue weighted by atomic mass is 10.2. The molecule has 3 aromatic rings. The summed E-state index contributed by atoms with van der Waals surface area (Å²) in [5, 5.41) is 6.88. The Balaban J connectivity index is 1.55. The minimum Gasteiger partial charge on any atom is -0.483 e. The van der Waals surface area contributed by atoms with E-state index in [2.05, 4.69) is 10.4 Å². The second-order valence-corrected chi connectivity index (χ2v) is 5.59. The molecule has 0 aliphatic carbocycles. The van der Waals surface area contributed by atoms with Gasteiger partial charge in [0.05, 0.1) is 6.54 Å². The zero-order chi connectivity index (χ0) is 17.6. The Morgan fingerprint density at radius 2 is 1.92 bits per heavy atom. The first-order chi connectivity index (χ1) is 12.1. The van der Waals surface area contributed by atoms with Gasteiger partial charge in [0.2, 0.25) is 0 Å². The number of hydrogen-bond acceptors (Lipinski definition) is 3. The van der Waals surface area contributed by atoms with E-state index in [1.165, 1.54) is 6.07 Å². The van der Waals surface area contributed by atoms with E-state index in [0.717, 1.165) is 5.56 Å². The van der Waals surface area contributed by atoms with Crippen molar-refractivity contribution in [1.82, 2.24) is 9.78 Å². The van der Waals surface area contributed by atoms with Gasteiger partial charge >= 0.3 is 0 Å². The summed E-state index contributed by atoms with van der Waals surface area (Å²) < 4.78 is 20.7. The Bertz CT molecular complexity index is 876. The number of halogens is 1. The molecule has 128 valence electrons. The van der Waals surface area contributed by atoms with Gasteiger partial charge < -0.3 is 10.1 Å². The maximum Gasteiger partial charge on any atom is 0.263 e. The molecule has 3 rings (SSSR count). The van der Waals surface area contributed by atoms with E-state index in [1.807, 2.05) is 31.2 Å². The molecule has 6 heteroatoms. The van der Waals surface area contributed by atoms with Crippen molar-refractivity contribution in [1.29, 1.82) is 0 Å². The summed E-state index contributed by atoms with van der Waals surface area (Å²) in [6.45, 7) is 2.10. The normalized spacial score (nSPS) is 10.5. The number of nitrogens with zero attached hydrogens (tertiary/aromatic N) is 2. The highest BCUT2D eigenvalue weighted by atomic mass is 19.1. The predicted molar refractivity (Wildman–Crippen MR) is 93.0 cm³/mol. The first kappa shape index (κ1) is 16.7. The first-order valence-corrected chi connectivity index (χ1v) is 7.87. The standard InChI is InChI=1S/C19H18FN3O2/c1-14-6-2-5-9-17(14)25-13-19(24)21-18-10-11-23(22-18)12-15-7-3-4-8-16(15)20/h2-11H,12-13H2,1H3,(H,21,22,24). The molecule has 0 radical (unpaired) electrons. The number of aromatic nitrogens is 2. The summed E-state index contributed by atoms with van der Waals surface area (Å²) in [6, 6.07) is 15.7. The molecule has 0 saturated heterocycles. The summed E-state index contributed by atoms with van der Waals surface area (Å²) >= 11 is 0. The predicted octanol–water partition coefficient (Wildman–Crippen LogP) is 3.40. The van der Waals surface area contributed by atoms with Crippen LogP contribution in [0.2, 0.25) is 0 Å². The highest BCUT2D eigenvalue weighted by molar-refractivity contribution is 5.90. The minimum absolute atomic E-state index is 0.106. The summed E-state index contributed by atoms with van der Waals surface area (Å²) in [7, 11) is 0. The van der Waals surface area contributed by atoms with Crippen LogP contribution in [0.4, 0.5) is 10.2 Å². The summed E-state index contributed by atoms with van der Waals surface area (Å²) in [6.07, 6.45) is 1.68. The van der Waals surface area contributed by atoms with Crippen LogP contribution in [0.5, 0.6) is 5.75 Å². The molecule has 2 aromatic carbocycles. The molecule has 5 nitrogen and oxygen atoms in total. The third-order valence-corrected chi connectivity index (χ3v) is 3.65. The summed E-state index contributed by atoms with van der Waals surface area (Å²) in [5.74, 6) is 0.479. The van der Waals surface area contributed by atoms with Crippen molar-refractivity contribution in [2.24, 2.45) is 0 Å². The van der Waals surface area contributed by atoms with Gasteiger partial charge in [-0.2, -0.15) is 5.10 Å². The molecule has 0 atom stereocenters. The smallest absolute Gasteiger partial charge is 0.263 e. The quantitative estimate of drug-likeness (QED) is 0.749. The van der Waals surface area contributed by atoms with E-state index < -0.39 is 0 Å². The fraction of sp³-hybridized carbons (Fsp3) is 0.158. The Kier molecular flexibility index (Phi) is 5.09. The molecule has 1 heterocycles. The van der Waals surface area contributed by atoms with Crippen molar-refractivity contribution in [3.63, 3.8) is 0 Å². The van der Waals surface area contributed by atoms with Crippen LogP contribution in [-0.4, -0.2) is 22.3 Å². The second kappa shape index (κ2) is 7.61. The SMILES string of the molecule is Cc1ccccc1OCC(=O)Nc1ccn(Cc2ccccc2F)n1. The zero-order valence-electron chi connectivity index (χ0n) is 13.8. The van der Waals surface area contributed by atoms with Gasteiger partial charge in [0, 0.05) is 17.8 Å². The number of nitrogens with one attached hydrogen (secondary N) is 1. The van der Waals surface area contributed by atoms with Gasteiger partial charge in [-0.05, 0) is 24.6 Å². The van der Waals surface area contributed by atoms with Gasteiger partial charge in [0.25, 0.3) is 5.91 Å². The van der Waals surface area contributed by atoms with Gasteiger partial charge in [-0.15, -0.1) is 0 Å². The van der Waals surface area contributed by atoms with Gasteiger partial charge in [-0.3, -0.25) is 9.48 Å². The monoisotopic (exact) mass is 339 g/mol. The van der Waals surface area contributed by atoms with Crippen molar-refractivity contribution in [2.75, 3.05) is 11.9 Å². The van der Waals surface area contributed by atoms with E-state index >= 15 is 0 Å². The average Bonchev–Trinajstić information content (AvgIpc) is 3.03. The van der Waals surface area contributed by atoms with Gasteiger partial charge in [0.15, 0.2) is 12.4 Å². The van der Waals surface area contributed by atoms with E-state index in [0.29, 0.717) is 23.7 Å². The molecule has 0 saturated carbocycles. The Labute approximate surface area is 145 Å². The third kappa shape index (κ3) is 4.44. The molecule has 1 N–H and O–H groups in total. The van der Waals surface area contributed by atoms with Crippen molar-refractivity contribution < 1.29 is 13.9 Å². The number of amides is 1. The van der Waals surface area contributed by atoms with Crippen LogP contribution in [0.1, 0.15) is 11.1 Å². The maximum atomic E-state index is 13.7. The van der Waals surface area contributed by atoms with Gasteiger partial charge in [-0.25, -0.2) is 4.39 Å². The minimum atomic E-state index is -0.306. The van der Waals surface area contributed by atoms with E-state index in [1.54, 1.807) is 35.1 Å². The molecule has 0 bridgehead atoms. The summed E-state index contributed by atoms with van der Waals surface area (Å²) in [5.41, 5.74) is 1.50. The van der Waals surface area contributed by atoms with Gasteiger partial charge in [-0.1, -0.05) is 36.4 Å². The largest absolute Gasteiger partial charge is 0.483 e. The van der Waals surface area contributed by atoms with E-state index in [-0.39, 0.29) is 18.3 Å².